The maximum absolute atomic E-state index is 13.3. The molecule has 34 heavy (non-hydrogen) atoms. The van der Waals surface area contributed by atoms with E-state index < -0.39 is 27.7 Å². The molecular weight excluding hydrogens is 471 g/mol. The van der Waals surface area contributed by atoms with Gasteiger partial charge in [0.25, 0.3) is 10.0 Å². The van der Waals surface area contributed by atoms with E-state index in [2.05, 4.69) is 4.72 Å². The van der Waals surface area contributed by atoms with Crippen LogP contribution in [0.1, 0.15) is 61.5 Å². The Balaban J connectivity index is 2.37. The molecule has 2 N–H and O–H groups in total. The van der Waals surface area contributed by atoms with Crippen LogP contribution in [0.15, 0.2) is 53.4 Å². The van der Waals surface area contributed by atoms with Crippen LogP contribution in [0.2, 0.25) is 0 Å². The summed E-state index contributed by atoms with van der Waals surface area (Å²) in [5, 5.41) is 8.98. The zero-order valence-corrected chi connectivity index (χ0v) is 20.0. The molecule has 0 unspecified atom stereocenters. The van der Waals surface area contributed by atoms with Crippen LogP contribution < -0.4 is 9.46 Å². The molecule has 0 amide bonds. The van der Waals surface area contributed by atoms with E-state index >= 15 is 0 Å². The number of ether oxygens (including phenoxy) is 1. The maximum Gasteiger partial charge on any atom is 0.416 e. The number of unbranched alkanes of at least 4 members (excludes halogenated alkanes) is 2. The maximum atomic E-state index is 13.3. The summed E-state index contributed by atoms with van der Waals surface area (Å²) >= 11 is 0. The molecule has 0 fully saturated rings. The van der Waals surface area contributed by atoms with E-state index in [1.807, 2.05) is 6.92 Å². The number of hydrogen-bond donors (Lipinski definition) is 2. The fraction of sp³-hybridized carbons (Fsp3) is 0.375. The Morgan fingerprint density at radius 3 is 2.32 bits per heavy atom. The molecule has 0 atom stereocenters. The number of nitrogens with one attached hydrogen (secondary N) is 1. The fourth-order valence-corrected chi connectivity index (χ4v) is 4.65. The third kappa shape index (κ3) is 7.51. The van der Waals surface area contributed by atoms with Gasteiger partial charge in [-0.2, -0.15) is 13.2 Å². The number of halogens is 3. The Morgan fingerprint density at radius 2 is 1.79 bits per heavy atom. The summed E-state index contributed by atoms with van der Waals surface area (Å²) in [4.78, 5) is 11.1. The summed E-state index contributed by atoms with van der Waals surface area (Å²) in [6.45, 7) is 5.24. The van der Waals surface area contributed by atoms with E-state index in [0.717, 1.165) is 31.0 Å². The van der Waals surface area contributed by atoms with Crippen LogP contribution in [0.5, 0.6) is 5.75 Å². The quantitative estimate of drug-likeness (QED) is 0.347. The Bertz CT molecular complexity index is 1120. The van der Waals surface area contributed by atoms with Crippen LogP contribution in [0.25, 0.3) is 0 Å². The van der Waals surface area contributed by atoms with Crippen molar-refractivity contribution in [2.75, 3.05) is 4.72 Å². The lowest BCUT2D eigenvalue weighted by Crippen LogP contribution is -2.19. The van der Waals surface area contributed by atoms with Crippen LogP contribution in [-0.4, -0.2) is 19.5 Å². The standard InChI is InChI=1S/C24H28F3NO5S/c1-4-5-6-7-22(16(2)3)34(31,32)28-20-13-12-19(24(25,26)27)14-21(20)33-15-17-8-10-18(11-9-17)23(29)30/h7-14,16,28H,4-6,15H2,1-3H3,(H,29,30)/b22-7+. The van der Waals surface area contributed by atoms with Crippen molar-refractivity contribution in [1.29, 1.82) is 0 Å². The number of benzene rings is 2. The highest BCUT2D eigenvalue weighted by molar-refractivity contribution is 7.96. The predicted octanol–water partition coefficient (Wildman–Crippen LogP) is 6.45. The van der Waals surface area contributed by atoms with Crippen molar-refractivity contribution in [3.05, 3.63) is 70.1 Å². The molecule has 0 radical (unpaired) electrons. The second-order valence-corrected chi connectivity index (χ2v) is 9.69. The molecule has 0 saturated heterocycles. The number of carboxylic acids is 1. The van der Waals surface area contributed by atoms with Gasteiger partial charge in [-0.25, -0.2) is 13.2 Å². The lowest BCUT2D eigenvalue weighted by molar-refractivity contribution is -0.137. The largest absolute Gasteiger partial charge is 0.487 e. The van der Waals surface area contributed by atoms with Crippen molar-refractivity contribution in [3.8, 4) is 5.75 Å². The first-order valence-electron chi connectivity index (χ1n) is 10.7. The number of rotatable bonds is 11. The van der Waals surface area contributed by atoms with E-state index in [1.54, 1.807) is 19.9 Å². The van der Waals surface area contributed by atoms with E-state index in [4.69, 9.17) is 9.84 Å². The molecule has 0 bridgehead atoms. The van der Waals surface area contributed by atoms with Crippen molar-refractivity contribution >= 4 is 21.7 Å². The molecule has 6 nitrogen and oxygen atoms in total. The first-order valence-corrected chi connectivity index (χ1v) is 12.2. The monoisotopic (exact) mass is 499 g/mol. The highest BCUT2D eigenvalue weighted by atomic mass is 32.2. The van der Waals surface area contributed by atoms with Crippen LogP contribution >= 0.6 is 0 Å². The summed E-state index contributed by atoms with van der Waals surface area (Å²) < 4.78 is 73.8. The summed E-state index contributed by atoms with van der Waals surface area (Å²) in [6.07, 6.45) is -0.763. The van der Waals surface area contributed by atoms with Crippen molar-refractivity contribution < 1.29 is 36.2 Å². The van der Waals surface area contributed by atoms with Gasteiger partial charge in [-0.05, 0) is 48.2 Å². The first kappa shape index (κ1) is 27.2. The second kappa shape index (κ2) is 11.4. The Morgan fingerprint density at radius 1 is 1.15 bits per heavy atom. The van der Waals surface area contributed by atoms with E-state index in [1.165, 1.54) is 24.3 Å². The normalized spacial score (nSPS) is 12.6. The van der Waals surface area contributed by atoms with E-state index in [0.29, 0.717) is 12.0 Å². The van der Waals surface area contributed by atoms with Gasteiger partial charge in [-0.3, -0.25) is 4.72 Å². The number of carbonyl (C=O) groups is 1. The molecule has 0 aliphatic rings. The Labute approximate surface area is 197 Å². The molecule has 2 aromatic carbocycles. The number of hydrogen-bond acceptors (Lipinski definition) is 4. The summed E-state index contributed by atoms with van der Waals surface area (Å²) in [5.41, 5.74) is -0.572. The molecule has 186 valence electrons. The Hall–Kier alpha value is -3.01. The predicted molar refractivity (Wildman–Crippen MR) is 124 cm³/mol. The van der Waals surface area contributed by atoms with Crippen LogP contribution in [0.3, 0.4) is 0 Å². The van der Waals surface area contributed by atoms with Gasteiger partial charge in [-0.1, -0.05) is 51.8 Å². The average Bonchev–Trinajstić information content (AvgIpc) is 2.74. The number of allylic oxidation sites excluding steroid dienone is 2. The van der Waals surface area contributed by atoms with Gasteiger partial charge < -0.3 is 9.84 Å². The topological polar surface area (TPSA) is 92.7 Å². The van der Waals surface area contributed by atoms with Crippen molar-refractivity contribution in [2.45, 2.75) is 52.8 Å². The van der Waals surface area contributed by atoms with Crippen molar-refractivity contribution in [1.82, 2.24) is 0 Å². The molecule has 0 aliphatic heterocycles. The minimum Gasteiger partial charge on any atom is -0.487 e. The van der Waals surface area contributed by atoms with Gasteiger partial charge in [0, 0.05) is 0 Å². The third-order valence-electron chi connectivity index (χ3n) is 4.93. The number of anilines is 1. The summed E-state index contributed by atoms with van der Waals surface area (Å²) in [5.74, 6) is -1.74. The summed E-state index contributed by atoms with van der Waals surface area (Å²) in [7, 11) is -4.04. The number of carboxylic acid groups (broad SMARTS) is 1. The minimum atomic E-state index is -4.65. The average molecular weight is 500 g/mol. The van der Waals surface area contributed by atoms with Gasteiger partial charge in [-0.15, -0.1) is 0 Å². The molecule has 0 aliphatic carbocycles. The molecule has 10 heteroatoms. The fourth-order valence-electron chi connectivity index (χ4n) is 3.11. The number of alkyl halides is 3. The van der Waals surface area contributed by atoms with Crippen LogP contribution in [-0.2, 0) is 22.8 Å². The highest BCUT2D eigenvalue weighted by Gasteiger charge is 2.32. The minimum absolute atomic E-state index is 0.0485. The number of aromatic carboxylic acids is 1. The lowest BCUT2D eigenvalue weighted by Gasteiger charge is -2.18. The van der Waals surface area contributed by atoms with Crippen LogP contribution in [0.4, 0.5) is 18.9 Å². The molecule has 0 aromatic heterocycles. The van der Waals surface area contributed by atoms with Crippen molar-refractivity contribution in [3.63, 3.8) is 0 Å². The van der Waals surface area contributed by atoms with Gasteiger partial charge in [0.2, 0.25) is 0 Å². The zero-order valence-electron chi connectivity index (χ0n) is 19.1. The zero-order chi connectivity index (χ0) is 25.5. The lowest BCUT2D eigenvalue weighted by atomic mass is 10.1. The van der Waals surface area contributed by atoms with Gasteiger partial charge in [0.15, 0.2) is 0 Å². The summed E-state index contributed by atoms with van der Waals surface area (Å²) in [6, 6.07) is 8.15. The molecular formula is C24H28F3NO5S. The SMILES string of the molecule is CCCC/C=C(\C(C)C)S(=O)(=O)Nc1ccc(C(F)(F)F)cc1OCc1ccc(C(=O)O)cc1. The van der Waals surface area contributed by atoms with Gasteiger partial charge >= 0.3 is 12.1 Å². The molecule has 0 saturated carbocycles. The van der Waals surface area contributed by atoms with Gasteiger partial charge in [0.05, 0.1) is 21.7 Å². The van der Waals surface area contributed by atoms with Gasteiger partial charge in [0.1, 0.15) is 12.4 Å². The second-order valence-electron chi connectivity index (χ2n) is 8.01. The van der Waals surface area contributed by atoms with E-state index in [9.17, 15) is 26.4 Å². The van der Waals surface area contributed by atoms with Crippen LogP contribution in [0, 0.1) is 5.92 Å². The molecule has 0 heterocycles. The third-order valence-corrected chi connectivity index (χ3v) is 6.68. The molecule has 2 rings (SSSR count). The smallest absolute Gasteiger partial charge is 0.416 e. The Kier molecular flexibility index (Phi) is 9.14. The van der Waals surface area contributed by atoms with Crippen molar-refractivity contribution in [2.24, 2.45) is 5.92 Å². The molecule has 0 spiro atoms. The molecule has 2 aromatic rings. The number of sulfonamides is 1. The first-order chi connectivity index (χ1) is 15.8. The highest BCUT2D eigenvalue weighted by Crippen LogP contribution is 2.36. The van der Waals surface area contributed by atoms with E-state index in [-0.39, 0.29) is 34.4 Å².